The predicted octanol–water partition coefficient (Wildman–Crippen LogP) is 4.46. The van der Waals surface area contributed by atoms with Crippen LogP contribution in [0.1, 0.15) is 37.3 Å². The van der Waals surface area contributed by atoms with Gasteiger partial charge in [-0.3, -0.25) is 0 Å². The van der Waals surface area contributed by atoms with Gasteiger partial charge in [0.05, 0.1) is 0 Å². The van der Waals surface area contributed by atoms with E-state index in [9.17, 15) is 0 Å². The van der Waals surface area contributed by atoms with Crippen molar-refractivity contribution >= 4 is 3.28 Å². The Labute approximate surface area is 115 Å². The predicted molar refractivity (Wildman–Crippen MR) is 69.3 cm³/mol. The van der Waals surface area contributed by atoms with Crippen molar-refractivity contribution in [2.75, 3.05) is 0 Å². The van der Waals surface area contributed by atoms with Crippen molar-refractivity contribution in [1.29, 1.82) is 0 Å². The molecule has 0 heterocycles. The summed E-state index contributed by atoms with van der Waals surface area (Å²) >= 11 is -0.553. The van der Waals surface area contributed by atoms with Crippen molar-refractivity contribution in [1.82, 2.24) is 0 Å². The molecule has 0 nitrogen and oxygen atoms in total. The van der Waals surface area contributed by atoms with Crippen molar-refractivity contribution in [3.05, 3.63) is 62.5 Å². The van der Waals surface area contributed by atoms with Gasteiger partial charge in [-0.2, -0.15) is 0 Å². The van der Waals surface area contributed by atoms with E-state index in [4.69, 9.17) is 0 Å². The molecule has 1 aromatic rings. The molecule has 2 aliphatic rings. The molecule has 0 saturated heterocycles. The molecule has 0 aromatic heterocycles. The number of fused-ring (bicyclic) bond motifs is 1. The van der Waals surface area contributed by atoms with Crippen LogP contribution in [0.5, 0.6) is 0 Å². The van der Waals surface area contributed by atoms with Crippen LogP contribution in [0, 0.1) is 0 Å². The van der Waals surface area contributed by atoms with Gasteiger partial charge in [0, 0.05) is 0 Å². The molecule has 0 radical (unpaired) electrons. The standard InChI is InChI=1S/C11H11.C5H5.Zr/c1-8-7-10-5-3-4-6-11(10)9(8)2;1-2-4-5-3-1;/h3-6,9H,1-2H3;1-3H,4H2;. The first-order valence-corrected chi connectivity index (χ1v) is 8.66. The van der Waals surface area contributed by atoms with Gasteiger partial charge >= 0.3 is 115 Å². The summed E-state index contributed by atoms with van der Waals surface area (Å²) in [5.74, 6) is 0.636. The Morgan fingerprint density at radius 2 is 2.06 bits per heavy atom. The molecule has 2 aliphatic carbocycles. The van der Waals surface area contributed by atoms with Crippen LogP contribution in [-0.2, 0) is 23.2 Å². The van der Waals surface area contributed by atoms with Crippen LogP contribution in [0.2, 0.25) is 0 Å². The van der Waals surface area contributed by atoms with Crippen LogP contribution < -0.4 is 0 Å². The summed E-state index contributed by atoms with van der Waals surface area (Å²) in [5.41, 5.74) is 4.73. The molecule has 0 amide bonds. The Bertz CT molecular complexity index is 546. The first-order valence-electron chi connectivity index (χ1n) is 6.20. The second kappa shape index (κ2) is 4.54. The summed E-state index contributed by atoms with van der Waals surface area (Å²) < 4.78 is 3.44. The summed E-state index contributed by atoms with van der Waals surface area (Å²) in [6, 6.07) is 8.98. The topological polar surface area (TPSA) is 0 Å². The number of benzene rings is 1. The van der Waals surface area contributed by atoms with Crippen LogP contribution in [0.25, 0.3) is 3.28 Å². The van der Waals surface area contributed by atoms with Gasteiger partial charge in [0.2, 0.25) is 0 Å². The summed E-state index contributed by atoms with van der Waals surface area (Å²) in [7, 11) is 0. The van der Waals surface area contributed by atoms with Crippen LogP contribution in [0.3, 0.4) is 0 Å². The Morgan fingerprint density at radius 1 is 1.24 bits per heavy atom. The molecule has 0 fully saturated rings. The van der Waals surface area contributed by atoms with Crippen LogP contribution >= 0.6 is 0 Å². The van der Waals surface area contributed by atoms with Gasteiger partial charge < -0.3 is 0 Å². The normalized spacial score (nSPS) is 21.8. The minimum absolute atomic E-state index is 0.553. The minimum atomic E-state index is -0.553. The molecule has 0 saturated carbocycles. The van der Waals surface area contributed by atoms with Crippen molar-refractivity contribution in [3.63, 3.8) is 0 Å². The monoisotopic (exact) mass is 298 g/mol. The Balaban J connectivity index is 1.98. The molecule has 1 atom stereocenters. The maximum atomic E-state index is 2.35. The molecule has 0 aliphatic heterocycles. The molecule has 1 unspecified atom stereocenters. The number of hydrogen-bond acceptors (Lipinski definition) is 0. The Hall–Kier alpha value is -0.677. The molecule has 0 bridgehead atoms. The molecular weight excluding hydrogens is 283 g/mol. The molecule has 1 aromatic carbocycles. The average Bonchev–Trinajstić information content (AvgIpc) is 2.94. The van der Waals surface area contributed by atoms with Gasteiger partial charge in [-0.25, -0.2) is 0 Å². The van der Waals surface area contributed by atoms with E-state index in [1.54, 1.807) is 23.3 Å². The maximum absolute atomic E-state index is 2.35. The zero-order valence-corrected chi connectivity index (χ0v) is 12.8. The fraction of sp³-hybridized carbons (Fsp3) is 0.250. The SMILES string of the molecule is CC1=[C]([Zr][C]2=CC=CC2)c2ccccc2C1C. The van der Waals surface area contributed by atoms with Crippen LogP contribution in [-0.4, -0.2) is 0 Å². The average molecular weight is 300 g/mol. The van der Waals surface area contributed by atoms with Gasteiger partial charge in [-0.05, 0) is 0 Å². The molecule has 0 N–H and O–H groups in total. The van der Waals surface area contributed by atoms with E-state index in [1.807, 2.05) is 0 Å². The number of hydrogen-bond donors (Lipinski definition) is 0. The third kappa shape index (κ3) is 1.95. The van der Waals surface area contributed by atoms with Crippen LogP contribution in [0.15, 0.2) is 51.3 Å². The van der Waals surface area contributed by atoms with E-state index in [0.29, 0.717) is 5.92 Å². The summed E-state index contributed by atoms with van der Waals surface area (Å²) in [6.07, 6.45) is 8.06. The second-order valence-electron chi connectivity index (χ2n) is 4.82. The first-order chi connectivity index (χ1) is 8.27. The van der Waals surface area contributed by atoms with Crippen molar-refractivity contribution in [2.45, 2.75) is 26.2 Å². The van der Waals surface area contributed by atoms with E-state index in [1.165, 1.54) is 6.42 Å². The van der Waals surface area contributed by atoms with E-state index >= 15 is 0 Å². The number of rotatable bonds is 2. The summed E-state index contributed by atoms with van der Waals surface area (Å²) in [6.45, 7) is 4.69. The molecule has 17 heavy (non-hydrogen) atoms. The van der Waals surface area contributed by atoms with Gasteiger partial charge in [0.15, 0.2) is 0 Å². The molecule has 3 rings (SSSR count). The van der Waals surface area contributed by atoms with Gasteiger partial charge in [-0.15, -0.1) is 0 Å². The third-order valence-electron chi connectivity index (χ3n) is 3.80. The summed E-state index contributed by atoms with van der Waals surface area (Å²) in [4.78, 5) is 0. The van der Waals surface area contributed by atoms with Crippen molar-refractivity contribution < 1.29 is 23.2 Å². The van der Waals surface area contributed by atoms with E-state index in [-0.39, 0.29) is 0 Å². The molecule has 0 spiro atoms. The third-order valence-corrected chi connectivity index (χ3v) is 7.74. The van der Waals surface area contributed by atoms with E-state index in [2.05, 4.69) is 56.3 Å². The van der Waals surface area contributed by atoms with Gasteiger partial charge in [-0.1, -0.05) is 0 Å². The van der Waals surface area contributed by atoms with Crippen LogP contribution in [0.4, 0.5) is 0 Å². The molecule has 1 heteroatoms. The molecular formula is C16H16Zr. The van der Waals surface area contributed by atoms with Crippen molar-refractivity contribution in [3.8, 4) is 0 Å². The Morgan fingerprint density at radius 3 is 2.82 bits per heavy atom. The zero-order valence-electron chi connectivity index (χ0n) is 10.3. The Kier molecular flexibility index (Phi) is 3.05. The van der Waals surface area contributed by atoms with E-state index < -0.39 is 23.2 Å². The fourth-order valence-electron chi connectivity index (χ4n) is 2.63. The zero-order chi connectivity index (χ0) is 11.8. The second-order valence-corrected chi connectivity index (χ2v) is 8.24. The quantitative estimate of drug-likeness (QED) is 0.756. The first kappa shape index (κ1) is 11.4. The van der Waals surface area contributed by atoms with Gasteiger partial charge in [0.1, 0.15) is 0 Å². The fourth-order valence-corrected chi connectivity index (χ4v) is 6.31. The molecule has 84 valence electrons. The summed E-state index contributed by atoms with van der Waals surface area (Å²) in [5, 5.41) is 0. The van der Waals surface area contributed by atoms with E-state index in [0.717, 1.165) is 0 Å². The number of allylic oxidation sites excluding steroid dienone is 5. The van der Waals surface area contributed by atoms with Crippen molar-refractivity contribution in [2.24, 2.45) is 0 Å². The van der Waals surface area contributed by atoms with Gasteiger partial charge in [0.25, 0.3) is 0 Å².